The van der Waals surface area contributed by atoms with Gasteiger partial charge in [0.15, 0.2) is 0 Å². The average molecular weight is 259 g/mol. The third-order valence-electron chi connectivity index (χ3n) is 2.75. The number of carbonyl (C=O) groups excluding carboxylic acids is 1. The molecule has 0 aliphatic heterocycles. The fourth-order valence-corrected chi connectivity index (χ4v) is 1.94. The van der Waals surface area contributed by atoms with Gasteiger partial charge in [0.05, 0.1) is 0 Å². The first kappa shape index (κ1) is 15.3. The molecule has 1 aromatic carbocycles. The van der Waals surface area contributed by atoms with Gasteiger partial charge >= 0.3 is 0 Å². The number of amides is 1. The molecule has 2 N–H and O–H groups in total. The van der Waals surface area contributed by atoms with E-state index in [0.29, 0.717) is 5.56 Å². The predicted octanol–water partition coefficient (Wildman–Crippen LogP) is 2.26. The van der Waals surface area contributed by atoms with Gasteiger partial charge in [-0.1, -0.05) is 25.2 Å². The topological polar surface area (TPSA) is 49.3 Å². The summed E-state index contributed by atoms with van der Waals surface area (Å²) in [7, 11) is 0. The van der Waals surface area contributed by atoms with Crippen LogP contribution in [0.5, 0.6) is 0 Å². The average Bonchev–Trinajstić information content (AvgIpc) is 2.36. The van der Waals surface area contributed by atoms with E-state index >= 15 is 0 Å². The van der Waals surface area contributed by atoms with Crippen LogP contribution in [0.25, 0.3) is 0 Å². The van der Waals surface area contributed by atoms with Crippen LogP contribution < -0.4 is 5.32 Å². The molecule has 3 heteroatoms. The third kappa shape index (κ3) is 5.15. The number of carbonyl (C=O) groups is 1. The second-order valence-corrected chi connectivity index (χ2v) is 4.71. The molecule has 0 aliphatic rings. The molecule has 0 spiro atoms. The van der Waals surface area contributed by atoms with Gasteiger partial charge in [-0.2, -0.15) is 0 Å². The van der Waals surface area contributed by atoms with Gasteiger partial charge in [0, 0.05) is 17.2 Å². The smallest absolute Gasteiger partial charge is 0.251 e. The minimum absolute atomic E-state index is 0.0725. The molecule has 1 atom stereocenters. The number of hydrogen-bond acceptors (Lipinski definition) is 2. The van der Waals surface area contributed by atoms with Crippen molar-refractivity contribution in [2.24, 2.45) is 0 Å². The highest BCUT2D eigenvalue weighted by atomic mass is 16.2. The van der Waals surface area contributed by atoms with Crippen LogP contribution in [0.1, 0.15) is 48.2 Å². The number of nitrogens with one attached hydrogen (secondary N) is 1. The quantitative estimate of drug-likeness (QED) is 0.815. The van der Waals surface area contributed by atoms with Gasteiger partial charge in [-0.3, -0.25) is 4.79 Å². The van der Waals surface area contributed by atoms with Crippen LogP contribution in [0.2, 0.25) is 0 Å². The molecule has 0 radical (unpaired) electrons. The Morgan fingerprint density at radius 3 is 2.79 bits per heavy atom. The predicted molar refractivity (Wildman–Crippen MR) is 77.0 cm³/mol. The lowest BCUT2D eigenvalue weighted by molar-refractivity contribution is 0.0938. The summed E-state index contributed by atoms with van der Waals surface area (Å²) in [6.45, 7) is 5.85. The van der Waals surface area contributed by atoms with Crippen molar-refractivity contribution in [3.8, 4) is 11.8 Å². The van der Waals surface area contributed by atoms with E-state index in [2.05, 4.69) is 24.1 Å². The van der Waals surface area contributed by atoms with Crippen LogP contribution in [0, 0.1) is 18.8 Å². The maximum atomic E-state index is 12.1. The zero-order chi connectivity index (χ0) is 14.3. The Balaban J connectivity index is 2.87. The van der Waals surface area contributed by atoms with Crippen LogP contribution in [0.15, 0.2) is 18.2 Å². The Bertz CT molecular complexity index is 497. The summed E-state index contributed by atoms with van der Waals surface area (Å²) in [6.07, 6.45) is 2.01. The van der Waals surface area contributed by atoms with Crippen LogP contribution in [-0.4, -0.2) is 23.7 Å². The fraction of sp³-hybridized carbons (Fsp3) is 0.438. The molecule has 0 bridgehead atoms. The van der Waals surface area contributed by atoms with E-state index in [-0.39, 0.29) is 18.6 Å². The maximum Gasteiger partial charge on any atom is 0.251 e. The number of benzene rings is 1. The van der Waals surface area contributed by atoms with E-state index in [0.717, 1.165) is 24.0 Å². The molecule has 0 aliphatic carbocycles. The van der Waals surface area contributed by atoms with Crippen molar-refractivity contribution in [3.63, 3.8) is 0 Å². The number of aryl methyl sites for hydroxylation is 1. The largest absolute Gasteiger partial charge is 0.384 e. The summed E-state index contributed by atoms with van der Waals surface area (Å²) in [4.78, 5) is 12.1. The normalized spacial score (nSPS) is 11.4. The van der Waals surface area contributed by atoms with Crippen molar-refractivity contribution < 1.29 is 9.90 Å². The first-order chi connectivity index (χ1) is 9.06. The van der Waals surface area contributed by atoms with E-state index in [4.69, 9.17) is 5.11 Å². The molecule has 0 saturated carbocycles. The molecule has 1 unspecified atom stereocenters. The van der Waals surface area contributed by atoms with Crippen molar-refractivity contribution >= 4 is 5.91 Å². The third-order valence-corrected chi connectivity index (χ3v) is 2.75. The van der Waals surface area contributed by atoms with Gasteiger partial charge < -0.3 is 10.4 Å². The first-order valence-corrected chi connectivity index (χ1v) is 6.59. The Morgan fingerprint density at radius 1 is 1.42 bits per heavy atom. The van der Waals surface area contributed by atoms with Crippen molar-refractivity contribution in [2.45, 2.75) is 39.7 Å². The Labute approximate surface area is 115 Å². The highest BCUT2D eigenvalue weighted by Gasteiger charge is 2.10. The lowest BCUT2D eigenvalue weighted by Gasteiger charge is -2.13. The first-order valence-electron chi connectivity index (χ1n) is 6.59. The Morgan fingerprint density at radius 2 is 2.16 bits per heavy atom. The fourth-order valence-electron chi connectivity index (χ4n) is 1.94. The lowest BCUT2D eigenvalue weighted by atomic mass is 10.1. The highest BCUT2D eigenvalue weighted by molar-refractivity contribution is 5.95. The van der Waals surface area contributed by atoms with Crippen LogP contribution in [-0.2, 0) is 0 Å². The van der Waals surface area contributed by atoms with Crippen molar-refractivity contribution in [1.82, 2.24) is 5.32 Å². The van der Waals surface area contributed by atoms with Crippen LogP contribution in [0.4, 0.5) is 0 Å². The molecule has 1 aromatic rings. The minimum atomic E-state index is -0.178. The van der Waals surface area contributed by atoms with Gasteiger partial charge in [-0.05, 0) is 44.0 Å². The van der Waals surface area contributed by atoms with Gasteiger partial charge in [-0.25, -0.2) is 0 Å². The van der Waals surface area contributed by atoms with Crippen molar-refractivity contribution in [2.75, 3.05) is 6.61 Å². The molecule has 19 heavy (non-hydrogen) atoms. The summed E-state index contributed by atoms with van der Waals surface area (Å²) in [5.74, 6) is 5.35. The molecule has 0 fully saturated rings. The number of hydrogen-bond donors (Lipinski definition) is 2. The van der Waals surface area contributed by atoms with E-state index in [1.54, 1.807) is 6.07 Å². The molecule has 0 heterocycles. The summed E-state index contributed by atoms with van der Waals surface area (Å²) in [5, 5.41) is 11.7. The van der Waals surface area contributed by atoms with Gasteiger partial charge in [0.1, 0.15) is 6.61 Å². The number of rotatable bonds is 4. The zero-order valence-electron chi connectivity index (χ0n) is 11.8. The molecule has 1 amide bonds. The van der Waals surface area contributed by atoms with Crippen LogP contribution >= 0.6 is 0 Å². The second-order valence-electron chi connectivity index (χ2n) is 4.71. The summed E-state index contributed by atoms with van der Waals surface area (Å²) < 4.78 is 0. The van der Waals surface area contributed by atoms with Crippen molar-refractivity contribution in [1.29, 1.82) is 0 Å². The summed E-state index contributed by atoms with van der Waals surface area (Å²) >= 11 is 0. The highest BCUT2D eigenvalue weighted by Crippen LogP contribution is 2.10. The maximum absolute atomic E-state index is 12.1. The molecule has 3 nitrogen and oxygen atoms in total. The van der Waals surface area contributed by atoms with Gasteiger partial charge in [0.2, 0.25) is 0 Å². The van der Waals surface area contributed by atoms with Crippen LogP contribution in [0.3, 0.4) is 0 Å². The van der Waals surface area contributed by atoms with E-state index < -0.39 is 0 Å². The Hall–Kier alpha value is -1.79. The number of aliphatic hydroxyl groups is 1. The lowest BCUT2D eigenvalue weighted by Crippen LogP contribution is -2.32. The van der Waals surface area contributed by atoms with Gasteiger partial charge in [0.25, 0.3) is 5.91 Å². The monoisotopic (exact) mass is 259 g/mol. The SMILES string of the molecule is CCCC(C)NC(=O)c1cc(C)cc(C#CCO)c1. The standard InChI is InChI=1S/C16H21NO2/c1-4-6-13(3)17-16(19)15-10-12(2)9-14(11-15)7-5-8-18/h9-11,13,18H,4,6,8H2,1-3H3,(H,17,19). The molecular formula is C16H21NO2. The van der Waals surface area contributed by atoms with E-state index in [9.17, 15) is 4.79 Å². The van der Waals surface area contributed by atoms with Gasteiger partial charge in [-0.15, -0.1) is 0 Å². The van der Waals surface area contributed by atoms with Crippen molar-refractivity contribution in [3.05, 3.63) is 34.9 Å². The molecule has 102 valence electrons. The van der Waals surface area contributed by atoms with E-state index in [1.165, 1.54) is 0 Å². The zero-order valence-corrected chi connectivity index (χ0v) is 11.8. The molecule has 0 aromatic heterocycles. The Kier molecular flexibility index (Phi) is 6.11. The van der Waals surface area contributed by atoms with E-state index in [1.807, 2.05) is 26.0 Å². The second kappa shape index (κ2) is 7.60. The number of aliphatic hydroxyl groups excluding tert-OH is 1. The molecular weight excluding hydrogens is 238 g/mol. The molecule has 1 rings (SSSR count). The summed E-state index contributed by atoms with van der Waals surface area (Å²) in [6, 6.07) is 5.67. The summed E-state index contributed by atoms with van der Waals surface area (Å²) in [5.41, 5.74) is 2.35. The molecule has 0 saturated heterocycles. The minimum Gasteiger partial charge on any atom is -0.384 e.